The predicted octanol–water partition coefficient (Wildman–Crippen LogP) is 8.52. The van der Waals surface area contributed by atoms with Crippen LogP contribution in [0, 0.1) is 0 Å². The minimum Gasteiger partial charge on any atom is -0.305 e. The molecule has 0 aliphatic rings. The van der Waals surface area contributed by atoms with Crippen molar-refractivity contribution in [2.24, 2.45) is 0 Å². The highest BCUT2D eigenvalue weighted by atomic mass is 32.2. The van der Waals surface area contributed by atoms with Crippen LogP contribution in [0.4, 0.5) is 0 Å². The summed E-state index contributed by atoms with van der Waals surface area (Å²) in [5.41, 5.74) is 0. The first-order valence-corrected chi connectivity index (χ1v) is 19.0. The van der Waals surface area contributed by atoms with E-state index in [0.29, 0.717) is 13.2 Å². The van der Waals surface area contributed by atoms with Gasteiger partial charge >= 0.3 is 7.60 Å². The highest BCUT2D eigenvalue weighted by Crippen LogP contribution is 2.64. The second-order valence-corrected chi connectivity index (χ2v) is 19.2. The third-order valence-corrected chi connectivity index (χ3v) is 12.9. The first-order chi connectivity index (χ1) is 13.2. The summed E-state index contributed by atoms with van der Waals surface area (Å²) in [5, 5.41) is 2.11. The molecule has 0 heterocycles. The number of thioether (sulfide) groups is 4. The maximum Gasteiger partial charge on any atom is 0.362 e. The van der Waals surface area contributed by atoms with Crippen LogP contribution in [0.5, 0.6) is 0 Å². The first-order valence-electron chi connectivity index (χ1n) is 10.1. The van der Waals surface area contributed by atoms with E-state index in [1.165, 1.54) is 9.43 Å². The van der Waals surface area contributed by atoms with Crippen molar-refractivity contribution in [3.8, 4) is 0 Å². The summed E-state index contributed by atoms with van der Waals surface area (Å²) in [7, 11) is -5.27. The molecule has 0 rings (SSSR count). The molecule has 166 valence electrons. The number of hydrogen-bond acceptors (Lipinski definition) is 7. The molecule has 0 bridgehead atoms. The van der Waals surface area contributed by atoms with E-state index in [2.05, 4.69) is 47.3 Å². The maximum absolute atomic E-state index is 14.1. The van der Waals surface area contributed by atoms with Gasteiger partial charge in [-0.25, -0.2) is 0 Å². The number of rotatable bonds is 15. The molecular formula is C19H39O3PS4Si. The average molecular weight is 503 g/mol. The van der Waals surface area contributed by atoms with E-state index >= 15 is 0 Å². The Labute approximate surface area is 191 Å². The summed E-state index contributed by atoms with van der Waals surface area (Å²) in [6.07, 6.45) is 0. The standard InChI is InChI=1S/C19H39O3PS4Si/c1-10-21-23(20,22-11-2)16(18(24-12-3)25-13-4)17(28(7,8)9)19(26-14-5)27-15-6/h10-15H2,1-9H3. The maximum atomic E-state index is 14.1. The largest absolute Gasteiger partial charge is 0.362 e. The molecule has 0 saturated heterocycles. The number of hydrogen-bond donors (Lipinski definition) is 0. The smallest absolute Gasteiger partial charge is 0.305 e. The zero-order valence-electron chi connectivity index (χ0n) is 19.0. The molecule has 0 fully saturated rings. The molecular weight excluding hydrogens is 464 g/mol. The summed E-state index contributed by atoms with van der Waals surface area (Å²) in [6.45, 7) is 20.2. The first kappa shape index (κ1) is 29.2. The van der Waals surface area contributed by atoms with Crippen LogP contribution in [-0.4, -0.2) is 44.3 Å². The molecule has 28 heavy (non-hydrogen) atoms. The van der Waals surface area contributed by atoms with Crippen LogP contribution in [-0.2, 0) is 13.6 Å². The molecule has 3 nitrogen and oxygen atoms in total. The fourth-order valence-corrected chi connectivity index (χ4v) is 14.8. The van der Waals surface area contributed by atoms with Crippen LogP contribution in [0.3, 0.4) is 0 Å². The summed E-state index contributed by atoms with van der Waals surface area (Å²) >= 11 is 7.26. The van der Waals surface area contributed by atoms with Crippen molar-refractivity contribution in [2.75, 3.05) is 36.2 Å². The van der Waals surface area contributed by atoms with Gasteiger partial charge in [-0.3, -0.25) is 4.57 Å². The molecule has 0 aromatic carbocycles. The topological polar surface area (TPSA) is 35.5 Å². The molecule has 0 unspecified atom stereocenters. The Morgan fingerprint density at radius 2 is 1.07 bits per heavy atom. The Kier molecular flexibility index (Phi) is 15.8. The van der Waals surface area contributed by atoms with Gasteiger partial charge in [0.2, 0.25) is 0 Å². The lowest BCUT2D eigenvalue weighted by molar-refractivity contribution is 0.227. The Bertz CT molecular complexity index is 548. The van der Waals surface area contributed by atoms with Gasteiger partial charge in [-0.05, 0) is 42.1 Å². The van der Waals surface area contributed by atoms with Gasteiger partial charge in [0.05, 0.1) is 30.8 Å². The van der Waals surface area contributed by atoms with Gasteiger partial charge in [-0.1, -0.05) is 47.3 Å². The lowest BCUT2D eigenvalue weighted by Gasteiger charge is -2.32. The molecule has 0 amide bonds. The van der Waals surface area contributed by atoms with E-state index in [9.17, 15) is 4.57 Å². The molecule has 0 aromatic heterocycles. The molecule has 0 aliphatic carbocycles. The highest BCUT2D eigenvalue weighted by Gasteiger charge is 2.41. The van der Waals surface area contributed by atoms with Crippen molar-refractivity contribution in [1.82, 2.24) is 0 Å². The summed E-state index contributed by atoms with van der Waals surface area (Å²) in [5.74, 6) is 3.85. The van der Waals surface area contributed by atoms with Crippen molar-refractivity contribution in [2.45, 2.75) is 61.2 Å². The van der Waals surface area contributed by atoms with Gasteiger partial charge in [0.15, 0.2) is 0 Å². The molecule has 0 aromatic rings. The Morgan fingerprint density at radius 3 is 1.36 bits per heavy atom. The molecule has 0 atom stereocenters. The molecule has 0 aliphatic heterocycles. The number of allylic oxidation sites excluding steroid dienone is 2. The lowest BCUT2D eigenvalue weighted by atomic mass is 10.6. The van der Waals surface area contributed by atoms with E-state index in [1.54, 1.807) is 23.5 Å². The fourth-order valence-electron chi connectivity index (χ4n) is 2.50. The summed E-state index contributed by atoms with van der Waals surface area (Å²) < 4.78 is 28.4. The molecule has 0 saturated carbocycles. The molecule has 9 heteroatoms. The summed E-state index contributed by atoms with van der Waals surface area (Å²) in [4.78, 5) is 0. The van der Waals surface area contributed by atoms with E-state index in [-0.39, 0.29) is 0 Å². The summed E-state index contributed by atoms with van der Waals surface area (Å²) in [6, 6.07) is 0. The van der Waals surface area contributed by atoms with E-state index in [1.807, 2.05) is 37.4 Å². The SMILES string of the molecule is CCOP(=O)(OCC)C(=C(SCC)SCC)C(=C(SCC)SCC)[Si](C)(C)C. The van der Waals surface area contributed by atoms with Crippen LogP contribution in [0.15, 0.2) is 19.0 Å². The van der Waals surface area contributed by atoms with Crippen molar-refractivity contribution in [3.05, 3.63) is 19.0 Å². The van der Waals surface area contributed by atoms with Crippen molar-refractivity contribution >= 4 is 62.7 Å². The Balaban J connectivity index is 7.20. The normalized spacial score (nSPS) is 12.2. The van der Waals surface area contributed by atoms with Gasteiger partial charge in [0.25, 0.3) is 0 Å². The molecule has 0 radical (unpaired) electrons. The zero-order chi connectivity index (χ0) is 21.8. The van der Waals surface area contributed by atoms with Crippen LogP contribution in [0.1, 0.15) is 41.5 Å². The van der Waals surface area contributed by atoms with Crippen LogP contribution in [0.25, 0.3) is 0 Å². The van der Waals surface area contributed by atoms with Crippen LogP contribution >= 0.6 is 54.6 Å². The quantitative estimate of drug-likeness (QED) is 0.126. The monoisotopic (exact) mass is 502 g/mol. The lowest BCUT2D eigenvalue weighted by Crippen LogP contribution is -2.27. The van der Waals surface area contributed by atoms with E-state index in [0.717, 1.165) is 32.6 Å². The van der Waals surface area contributed by atoms with Crippen LogP contribution < -0.4 is 0 Å². The third-order valence-electron chi connectivity index (χ3n) is 3.36. The Hall–Kier alpha value is 1.25. The van der Waals surface area contributed by atoms with E-state index < -0.39 is 15.7 Å². The van der Waals surface area contributed by atoms with Crippen molar-refractivity contribution < 1.29 is 13.6 Å². The molecule has 0 spiro atoms. The fraction of sp³-hybridized carbons (Fsp3) is 0.789. The van der Waals surface area contributed by atoms with Gasteiger partial charge < -0.3 is 9.05 Å². The minimum absolute atomic E-state index is 0.373. The van der Waals surface area contributed by atoms with Crippen molar-refractivity contribution in [3.63, 3.8) is 0 Å². The van der Waals surface area contributed by atoms with Crippen LogP contribution in [0.2, 0.25) is 19.6 Å². The van der Waals surface area contributed by atoms with Crippen molar-refractivity contribution in [1.29, 1.82) is 0 Å². The second-order valence-electron chi connectivity index (χ2n) is 6.61. The Morgan fingerprint density at radius 1 is 0.714 bits per heavy atom. The predicted molar refractivity (Wildman–Crippen MR) is 141 cm³/mol. The van der Waals surface area contributed by atoms with Gasteiger partial charge in [-0.2, -0.15) is 0 Å². The van der Waals surface area contributed by atoms with E-state index in [4.69, 9.17) is 9.05 Å². The second kappa shape index (κ2) is 15.1. The molecule has 0 N–H and O–H groups in total. The average Bonchev–Trinajstić information content (AvgIpc) is 2.58. The van der Waals surface area contributed by atoms with Gasteiger partial charge in [-0.15, -0.1) is 47.0 Å². The van der Waals surface area contributed by atoms with Gasteiger partial charge in [0.1, 0.15) is 0 Å². The van der Waals surface area contributed by atoms with Gasteiger partial charge in [0, 0.05) is 4.24 Å². The highest BCUT2D eigenvalue weighted by molar-refractivity contribution is 8.23. The third kappa shape index (κ3) is 9.17. The zero-order valence-corrected chi connectivity index (χ0v) is 24.2. The minimum atomic E-state index is -3.41.